The van der Waals surface area contributed by atoms with Gasteiger partial charge in [-0.3, -0.25) is 0 Å². The molecular weight excluding hydrogens is 256 g/mol. The van der Waals surface area contributed by atoms with Gasteiger partial charge in [0, 0.05) is 0 Å². The Bertz CT molecular complexity index is 617. The molecule has 1 heterocycles. The third-order valence-electron chi connectivity index (χ3n) is 3.42. The van der Waals surface area contributed by atoms with Crippen LogP contribution in [0.1, 0.15) is 38.7 Å². The molecule has 104 valence electrons. The van der Waals surface area contributed by atoms with E-state index < -0.39 is 54.2 Å². The van der Waals surface area contributed by atoms with Crippen molar-refractivity contribution in [3.63, 3.8) is 0 Å². The molecule has 2 nitrogen and oxygen atoms in total. The zero-order chi connectivity index (χ0) is 18.0. The molecule has 0 radical (unpaired) electrons. The van der Waals surface area contributed by atoms with Gasteiger partial charge in [0.05, 0.1) is 22.2 Å². The molecule has 2 rings (SSSR count). The van der Waals surface area contributed by atoms with Crippen LogP contribution in [0.4, 0.5) is 13.2 Å². The Morgan fingerprint density at radius 2 is 1.42 bits per heavy atom. The lowest BCUT2D eigenvalue weighted by Crippen LogP contribution is -2.41. The zero-order valence-electron chi connectivity index (χ0n) is 15.0. The summed E-state index contributed by atoms with van der Waals surface area (Å²) in [5, 5.41) is 0. The smallest absolute Gasteiger partial charge is 0.399 e. The Morgan fingerprint density at radius 3 is 1.79 bits per heavy atom. The molecule has 0 spiro atoms. The minimum absolute atomic E-state index is 0.327. The highest BCUT2D eigenvalue weighted by Gasteiger charge is 2.51. The van der Waals surface area contributed by atoms with E-state index in [1.165, 1.54) is 0 Å². The van der Waals surface area contributed by atoms with E-state index in [1.54, 1.807) is 27.7 Å². The Balaban J connectivity index is 2.64. The Morgan fingerprint density at radius 1 is 1.00 bits per heavy atom. The van der Waals surface area contributed by atoms with Crippen LogP contribution in [0.3, 0.4) is 0 Å². The maximum Gasteiger partial charge on any atom is 0.494 e. The van der Waals surface area contributed by atoms with Gasteiger partial charge in [0.15, 0.2) is 0 Å². The molecule has 0 aliphatic carbocycles. The van der Waals surface area contributed by atoms with E-state index in [0.717, 1.165) is 0 Å². The summed E-state index contributed by atoms with van der Waals surface area (Å²) in [6.07, 6.45) is -4.98. The number of alkyl halides is 3. The van der Waals surface area contributed by atoms with Gasteiger partial charge in [0.1, 0.15) is 0 Å². The summed E-state index contributed by atoms with van der Waals surface area (Å²) >= 11 is 0. The van der Waals surface area contributed by atoms with Crippen molar-refractivity contribution in [2.24, 2.45) is 0 Å². The molecule has 1 fully saturated rings. The molecule has 6 heteroatoms. The van der Waals surface area contributed by atoms with Gasteiger partial charge in [-0.15, -0.1) is 0 Å². The molecule has 0 N–H and O–H groups in total. The Kier molecular flexibility index (Phi) is 2.20. The topological polar surface area (TPSA) is 18.5 Å². The van der Waals surface area contributed by atoms with Crippen molar-refractivity contribution in [1.82, 2.24) is 0 Å². The molecule has 1 aliphatic heterocycles. The van der Waals surface area contributed by atoms with E-state index in [-0.39, 0.29) is 5.46 Å². The van der Waals surface area contributed by atoms with Crippen LogP contribution in [-0.2, 0) is 15.5 Å². The first-order chi connectivity index (χ1) is 10.2. The summed E-state index contributed by atoms with van der Waals surface area (Å²) in [7, 11) is -1.27. The van der Waals surface area contributed by atoms with Crippen molar-refractivity contribution in [3.8, 4) is 0 Å². The first-order valence-electron chi connectivity index (χ1n) is 7.74. The quantitative estimate of drug-likeness (QED) is 0.734. The highest BCUT2D eigenvalue weighted by Crippen LogP contribution is 2.36. The lowest BCUT2D eigenvalue weighted by atomic mass is 9.79. The number of rotatable bonds is 1. The second-order valence-electron chi connectivity index (χ2n) is 5.37. The van der Waals surface area contributed by atoms with E-state index in [0.29, 0.717) is 0 Å². The van der Waals surface area contributed by atoms with E-state index >= 15 is 0 Å². The third kappa shape index (κ3) is 2.65. The molecule has 0 unspecified atom stereocenters. The number of halogens is 3. The van der Waals surface area contributed by atoms with Crippen molar-refractivity contribution in [2.75, 3.05) is 0 Å². The molecule has 0 bridgehead atoms. The second kappa shape index (κ2) is 4.25. The van der Waals surface area contributed by atoms with Gasteiger partial charge in [0.2, 0.25) is 0 Å². The first kappa shape index (κ1) is 9.83. The second-order valence-corrected chi connectivity index (χ2v) is 5.37. The van der Waals surface area contributed by atoms with E-state index in [2.05, 4.69) is 0 Å². The average Bonchev–Trinajstić information content (AvgIpc) is 2.54. The predicted octanol–water partition coefficient (Wildman–Crippen LogP) is 3.00. The van der Waals surface area contributed by atoms with Crippen LogP contribution in [-0.4, -0.2) is 18.3 Å². The maximum absolute atomic E-state index is 13.0. The summed E-state index contributed by atoms with van der Waals surface area (Å²) in [6.45, 7) is 6.86. The molecule has 1 saturated heterocycles. The Hall–Kier alpha value is -1.01. The predicted molar refractivity (Wildman–Crippen MR) is 67.2 cm³/mol. The summed E-state index contributed by atoms with van der Waals surface area (Å²) in [6, 6.07) is -3.92. The van der Waals surface area contributed by atoms with Gasteiger partial charge in [0.25, 0.3) is 0 Å². The van der Waals surface area contributed by atoms with E-state index in [4.69, 9.17) is 14.8 Å². The molecule has 19 heavy (non-hydrogen) atoms. The normalized spacial score (nSPS) is 24.7. The largest absolute Gasteiger partial charge is 0.494 e. The van der Waals surface area contributed by atoms with Gasteiger partial charge < -0.3 is 9.31 Å². The lowest BCUT2D eigenvalue weighted by Gasteiger charge is -2.32. The molecule has 1 aromatic rings. The van der Waals surface area contributed by atoms with Crippen LogP contribution < -0.4 is 5.46 Å². The average molecular weight is 276 g/mol. The molecule has 0 atom stereocenters. The summed E-state index contributed by atoms with van der Waals surface area (Å²) in [4.78, 5) is 0. The van der Waals surface area contributed by atoms with Crippen LogP contribution >= 0.6 is 0 Å². The SMILES string of the molecule is [2H]c1c([2H])c(C(F)(F)F)c([2H])c([2H])c1B1OC(C)(C)C(C)(C)O1. The first-order valence-corrected chi connectivity index (χ1v) is 5.74. The molecule has 0 aromatic heterocycles. The van der Waals surface area contributed by atoms with Crippen molar-refractivity contribution in [1.29, 1.82) is 0 Å². The molecule has 0 amide bonds. The highest BCUT2D eigenvalue weighted by molar-refractivity contribution is 6.62. The maximum atomic E-state index is 13.0. The third-order valence-corrected chi connectivity index (χ3v) is 3.42. The fourth-order valence-electron chi connectivity index (χ4n) is 1.54. The summed E-state index contributed by atoms with van der Waals surface area (Å²) in [5.41, 5.74) is -3.55. The minimum atomic E-state index is -4.98. The zero-order valence-corrected chi connectivity index (χ0v) is 11.0. The summed E-state index contributed by atoms with van der Waals surface area (Å²) in [5.74, 6) is 0. The van der Waals surface area contributed by atoms with E-state index in [1.807, 2.05) is 0 Å². The molecule has 1 aliphatic rings. The lowest BCUT2D eigenvalue weighted by molar-refractivity contribution is -0.137. The van der Waals surface area contributed by atoms with Crippen LogP contribution in [0.25, 0.3) is 0 Å². The van der Waals surface area contributed by atoms with Crippen LogP contribution in [0.2, 0.25) is 0 Å². The summed E-state index contributed by atoms with van der Waals surface area (Å²) < 4.78 is 80.9. The van der Waals surface area contributed by atoms with Crippen LogP contribution in [0.15, 0.2) is 24.2 Å². The molecule has 0 saturated carbocycles. The van der Waals surface area contributed by atoms with Gasteiger partial charge in [-0.05, 0) is 33.2 Å². The van der Waals surface area contributed by atoms with Gasteiger partial charge >= 0.3 is 13.3 Å². The number of benzene rings is 1. The number of hydrogen-bond donors (Lipinski definition) is 0. The van der Waals surface area contributed by atoms with E-state index in [9.17, 15) is 13.2 Å². The van der Waals surface area contributed by atoms with Crippen molar-refractivity contribution in [3.05, 3.63) is 29.7 Å². The standard InChI is InChI=1S/C13H16BF3O2/c1-11(2)12(3,4)19-14(18-11)10-7-5-9(6-8-10)13(15,16)17/h5-8H,1-4H3/i5D,6D,7D,8D. The minimum Gasteiger partial charge on any atom is -0.399 e. The fourth-order valence-corrected chi connectivity index (χ4v) is 1.54. The number of hydrogen-bond acceptors (Lipinski definition) is 2. The van der Waals surface area contributed by atoms with Crippen LogP contribution in [0.5, 0.6) is 0 Å². The molecular formula is C13H16BF3O2. The monoisotopic (exact) mass is 276 g/mol. The Labute approximate surface area is 116 Å². The molecule has 1 aromatic carbocycles. The van der Waals surface area contributed by atoms with Crippen molar-refractivity contribution in [2.45, 2.75) is 45.1 Å². The van der Waals surface area contributed by atoms with Crippen molar-refractivity contribution < 1.29 is 28.0 Å². The highest BCUT2D eigenvalue weighted by atomic mass is 19.4. The fraction of sp³-hybridized carbons (Fsp3) is 0.538. The van der Waals surface area contributed by atoms with Gasteiger partial charge in [-0.25, -0.2) is 0 Å². The van der Waals surface area contributed by atoms with Gasteiger partial charge in [-0.2, -0.15) is 13.2 Å². The van der Waals surface area contributed by atoms with Gasteiger partial charge in [-0.1, -0.05) is 24.2 Å². The van der Waals surface area contributed by atoms with Crippen LogP contribution in [0, 0.1) is 0 Å². The van der Waals surface area contributed by atoms with Crippen molar-refractivity contribution >= 4 is 12.6 Å².